The number of rotatable bonds is 28. The molecule has 0 atom stereocenters. The van der Waals surface area contributed by atoms with E-state index >= 15 is 0 Å². The molecule has 0 aliphatic heterocycles. The Morgan fingerprint density at radius 2 is 0.817 bits per heavy atom. The van der Waals surface area contributed by atoms with Gasteiger partial charge in [0.1, 0.15) is 6.79 Å². The molecule has 3 rings (SSSR count). The average Bonchev–Trinajstić information content (AvgIpc) is 3.34. The van der Waals surface area contributed by atoms with E-state index in [1.807, 2.05) is 49.1 Å². The van der Waals surface area contributed by atoms with E-state index in [9.17, 15) is 23.5 Å². The molecule has 0 heterocycles. The van der Waals surface area contributed by atoms with Crippen LogP contribution in [0.5, 0.6) is 0 Å². The Morgan fingerprint density at radius 3 is 1.07 bits per heavy atom. The number of nitrogens with one attached hydrogen (secondary N) is 6. The Labute approximate surface area is 430 Å². The van der Waals surface area contributed by atoms with Crippen LogP contribution in [0.25, 0.3) is 0 Å². The maximum Gasteiger partial charge on any atom is 0.466 e. The van der Waals surface area contributed by atoms with Gasteiger partial charge in [-0.15, -0.1) is 0 Å². The topological polar surface area (TPSA) is 350 Å². The molecule has 29 heteroatoms. The number of benzene rings is 3. The number of ether oxygens (including phenoxy) is 2. The monoisotopic (exact) mass is 1120 g/mol. The predicted molar refractivity (Wildman–Crippen MR) is 283 cm³/mol. The Hall–Kier alpha value is -3.04. The fraction of sp³-hybridized carbons (Fsp3) is 0.476. The standard InChI is InChI=1S/C22H29N2O7PS.C7H6O2.C6H17N2O3PS.C6H16N2S.CH2O.H3O4P/c1-23-13-18(14-24-2)15-33-32(27,30-16-28-21(25)19-9-5-3-6-10-19)31-17-29-22(26)20-11-7-4-8-12-20;8-7(9)6-4-2-1-3-5-6;1-7-3-6(4-8-2)5-13-12(9,10)11;1-7-3-6(5-9)4-8-2;1-2;1-5(2,3)4/h3-12,18,23-24H,13-17H2,1-2H3;1-5H,(H,8,9);6-8H,3-5H2,1-2H3,(H2,9,10,11);6-9H,3-5H2,1-2H3;1H2;(H3,1,2,3,4). The second-order valence-electron chi connectivity index (χ2n) is 13.9. The first-order valence-electron chi connectivity index (χ1n) is 21.1. The van der Waals surface area contributed by atoms with Gasteiger partial charge < -0.3 is 75.7 Å². The maximum atomic E-state index is 13.3. The number of aromatic carboxylic acids is 1. The number of phosphoric acid groups is 1. The number of thiol groups is 1. The van der Waals surface area contributed by atoms with Crippen molar-refractivity contribution in [3.8, 4) is 0 Å². The first-order chi connectivity index (χ1) is 33.6. The van der Waals surface area contributed by atoms with Gasteiger partial charge in [-0.1, -0.05) is 54.6 Å². The highest BCUT2D eigenvalue weighted by Crippen LogP contribution is 2.61. The largest absolute Gasteiger partial charge is 0.478 e. The lowest BCUT2D eigenvalue weighted by atomic mass is 10.2. The molecule has 0 saturated carbocycles. The van der Waals surface area contributed by atoms with Crippen molar-refractivity contribution in [2.45, 2.75) is 0 Å². The number of hydrogen-bond acceptors (Lipinski definition) is 20. The molecule has 0 aliphatic carbocycles. The molecule has 23 nitrogen and oxygen atoms in total. The summed E-state index contributed by atoms with van der Waals surface area (Å²) in [5.41, 5.74) is 1.01. The van der Waals surface area contributed by atoms with Crippen molar-refractivity contribution in [2.75, 3.05) is 112 Å². The highest BCUT2D eigenvalue weighted by Gasteiger charge is 2.29. The van der Waals surface area contributed by atoms with Crippen LogP contribution in [0.15, 0.2) is 91.0 Å². The molecule has 71 heavy (non-hydrogen) atoms. The van der Waals surface area contributed by atoms with E-state index in [2.05, 4.69) is 44.5 Å². The number of carbonyl (C=O) groups is 4. The second kappa shape index (κ2) is 45.6. The summed E-state index contributed by atoms with van der Waals surface area (Å²) in [5.74, 6) is 0.749. The van der Waals surface area contributed by atoms with E-state index in [1.54, 1.807) is 91.0 Å². The number of esters is 2. The summed E-state index contributed by atoms with van der Waals surface area (Å²) in [5, 5.41) is 26.7. The zero-order chi connectivity index (χ0) is 54.6. The highest BCUT2D eigenvalue weighted by molar-refractivity contribution is 8.55. The van der Waals surface area contributed by atoms with Gasteiger partial charge >= 0.3 is 39.3 Å². The first-order valence-corrected chi connectivity index (χ1v) is 29.7. The molecular weight excluding hydrogens is 1050 g/mol. The van der Waals surface area contributed by atoms with Crippen LogP contribution in [0, 0.1) is 17.8 Å². The lowest BCUT2D eigenvalue weighted by molar-refractivity contribution is -0.0980. The van der Waals surface area contributed by atoms with Crippen molar-refractivity contribution < 1.29 is 81.0 Å². The van der Waals surface area contributed by atoms with Gasteiger partial charge in [-0.05, 0) is 164 Å². The summed E-state index contributed by atoms with van der Waals surface area (Å²) in [6.07, 6.45) is 0. The minimum atomic E-state index is -4.64. The Kier molecular flexibility index (Phi) is 46.3. The van der Waals surface area contributed by atoms with Gasteiger partial charge in [-0.2, -0.15) is 12.6 Å². The van der Waals surface area contributed by atoms with Crippen molar-refractivity contribution in [1.29, 1.82) is 0 Å². The summed E-state index contributed by atoms with van der Waals surface area (Å²) in [4.78, 5) is 81.2. The SMILES string of the molecule is C=O.CNCC(CNC)CSP(=O)(O)O.CNCC(CNC)CSP(=O)(OCOC(=O)c1ccccc1)OCOC(=O)c1ccccc1.CNCC(CS)CNC.O=C(O)c1ccccc1.O=P(O)(O)O. The van der Waals surface area contributed by atoms with Gasteiger partial charge in [0, 0.05) is 11.5 Å². The van der Waals surface area contributed by atoms with E-state index in [-0.39, 0.29) is 11.8 Å². The number of carboxylic acid groups (broad SMARTS) is 1. The third-order valence-electron chi connectivity index (χ3n) is 8.00. The van der Waals surface area contributed by atoms with Crippen molar-refractivity contribution in [1.82, 2.24) is 31.9 Å². The van der Waals surface area contributed by atoms with Crippen LogP contribution in [-0.4, -0.2) is 167 Å². The predicted octanol–water partition coefficient (Wildman–Crippen LogP) is 3.65. The van der Waals surface area contributed by atoms with Gasteiger partial charge in [-0.3, -0.25) is 9.05 Å². The Morgan fingerprint density at radius 1 is 0.535 bits per heavy atom. The molecule has 0 aliphatic rings. The molecule has 3 aromatic carbocycles. The van der Waals surface area contributed by atoms with Gasteiger partial charge in [-0.25, -0.2) is 28.1 Å². The van der Waals surface area contributed by atoms with Crippen LogP contribution in [-0.2, 0) is 37.0 Å². The fourth-order valence-corrected chi connectivity index (χ4v) is 10.2. The molecule has 0 unspecified atom stereocenters. The normalized spacial score (nSPS) is 10.9. The molecule has 406 valence electrons. The molecule has 0 aromatic heterocycles. The van der Waals surface area contributed by atoms with Crippen LogP contribution >= 0.6 is 56.8 Å². The van der Waals surface area contributed by atoms with Crippen LogP contribution in [0.3, 0.4) is 0 Å². The highest BCUT2D eigenvalue weighted by atomic mass is 32.7. The number of hydrogen-bond donors (Lipinski definition) is 13. The number of carbonyl (C=O) groups excluding carboxylic acids is 3. The number of carboxylic acids is 1. The zero-order valence-electron chi connectivity index (χ0n) is 40.7. The average molecular weight is 1120 g/mol. The summed E-state index contributed by atoms with van der Waals surface area (Å²) in [6, 6.07) is 25.0. The van der Waals surface area contributed by atoms with Crippen molar-refractivity contribution >= 4 is 81.5 Å². The molecular formula is C42H73N6O17P3S3. The van der Waals surface area contributed by atoms with Gasteiger partial charge in [0.2, 0.25) is 13.6 Å². The lowest BCUT2D eigenvalue weighted by Crippen LogP contribution is -2.29. The van der Waals surface area contributed by atoms with E-state index < -0.39 is 52.9 Å². The molecule has 3 aromatic rings. The molecule has 0 saturated heterocycles. The van der Waals surface area contributed by atoms with E-state index in [1.165, 1.54) is 0 Å². The summed E-state index contributed by atoms with van der Waals surface area (Å²) < 4.78 is 53.5. The zero-order valence-corrected chi connectivity index (χ0v) is 45.9. The minimum Gasteiger partial charge on any atom is -0.478 e. The van der Waals surface area contributed by atoms with Gasteiger partial charge in [0.05, 0.1) is 16.7 Å². The Bertz CT molecular complexity index is 1850. The maximum absolute atomic E-state index is 13.3. The molecule has 12 N–H and O–H groups in total. The smallest absolute Gasteiger partial charge is 0.466 e. The minimum absolute atomic E-state index is 0.129. The summed E-state index contributed by atoms with van der Waals surface area (Å²) in [6.45, 7) is -1.90. The van der Waals surface area contributed by atoms with E-state index in [0.717, 1.165) is 43.3 Å². The van der Waals surface area contributed by atoms with Crippen LogP contribution < -0.4 is 31.9 Å². The summed E-state index contributed by atoms with van der Waals surface area (Å²) >= 11 is 5.87. The van der Waals surface area contributed by atoms with Crippen LogP contribution in [0.4, 0.5) is 0 Å². The van der Waals surface area contributed by atoms with Crippen molar-refractivity contribution in [3.63, 3.8) is 0 Å². The lowest BCUT2D eigenvalue weighted by Gasteiger charge is -2.21. The fourth-order valence-electron chi connectivity index (χ4n) is 5.01. The van der Waals surface area contributed by atoms with Crippen LogP contribution in [0.1, 0.15) is 31.1 Å². The van der Waals surface area contributed by atoms with Crippen molar-refractivity contribution in [3.05, 3.63) is 108 Å². The third-order valence-corrected chi connectivity index (χ3v) is 14.7. The molecule has 0 bridgehead atoms. The molecule has 0 fully saturated rings. The van der Waals surface area contributed by atoms with Gasteiger partial charge in [0.15, 0.2) is 0 Å². The van der Waals surface area contributed by atoms with E-state index in [0.29, 0.717) is 58.6 Å². The van der Waals surface area contributed by atoms with Gasteiger partial charge in [0.25, 0.3) is 0 Å². The molecule has 0 amide bonds. The quantitative estimate of drug-likeness (QED) is 0.0213. The Balaban J connectivity index is -0.000000987. The van der Waals surface area contributed by atoms with E-state index in [4.69, 9.17) is 57.5 Å². The van der Waals surface area contributed by atoms with Crippen LogP contribution in [0.2, 0.25) is 0 Å². The second-order valence-corrected chi connectivity index (χ2v) is 23.2. The van der Waals surface area contributed by atoms with Crippen molar-refractivity contribution in [2.24, 2.45) is 17.8 Å². The molecule has 0 spiro atoms. The first kappa shape index (κ1) is 72.2. The third kappa shape index (κ3) is 45.3. The molecule has 0 radical (unpaired) electrons. The summed E-state index contributed by atoms with van der Waals surface area (Å²) in [7, 11) is 6.59.